The first-order valence-electron chi connectivity index (χ1n) is 5.56. The van der Waals surface area contributed by atoms with Crippen molar-refractivity contribution < 1.29 is 4.79 Å². The van der Waals surface area contributed by atoms with E-state index in [2.05, 4.69) is 5.32 Å². The van der Waals surface area contributed by atoms with Gasteiger partial charge in [-0.15, -0.1) is 0 Å². The highest BCUT2D eigenvalue weighted by molar-refractivity contribution is 6.34. The maximum Gasteiger partial charge on any atom is 0.255 e. The molecule has 3 nitrogen and oxygen atoms in total. The molecule has 1 saturated heterocycles. The smallest absolute Gasteiger partial charge is 0.255 e. The van der Waals surface area contributed by atoms with Crippen LogP contribution in [0.1, 0.15) is 15.9 Å². The SMILES string of the molecule is O=C1c2c(Cl)cccc2C[C@@H]2CNCCN12. The van der Waals surface area contributed by atoms with Gasteiger partial charge in [-0.1, -0.05) is 23.7 Å². The minimum Gasteiger partial charge on any atom is -0.333 e. The molecule has 0 spiro atoms. The van der Waals surface area contributed by atoms with Gasteiger partial charge in [0.15, 0.2) is 0 Å². The summed E-state index contributed by atoms with van der Waals surface area (Å²) in [5.41, 5.74) is 1.80. The van der Waals surface area contributed by atoms with Crippen molar-refractivity contribution in [2.75, 3.05) is 19.6 Å². The lowest BCUT2D eigenvalue weighted by Crippen LogP contribution is -2.56. The predicted octanol–water partition coefficient (Wildman–Crippen LogP) is 1.31. The Morgan fingerprint density at radius 2 is 2.31 bits per heavy atom. The van der Waals surface area contributed by atoms with Crippen LogP contribution in [-0.2, 0) is 6.42 Å². The summed E-state index contributed by atoms with van der Waals surface area (Å²) in [6.45, 7) is 2.55. The predicted molar refractivity (Wildman–Crippen MR) is 62.9 cm³/mol. The molecule has 0 aliphatic carbocycles. The highest BCUT2D eigenvalue weighted by atomic mass is 35.5. The van der Waals surface area contributed by atoms with Crippen molar-refractivity contribution in [3.8, 4) is 0 Å². The molecule has 0 saturated carbocycles. The maximum absolute atomic E-state index is 12.3. The van der Waals surface area contributed by atoms with Crippen LogP contribution < -0.4 is 5.32 Å². The highest BCUT2D eigenvalue weighted by Gasteiger charge is 2.34. The molecule has 1 aromatic carbocycles. The normalized spacial score (nSPS) is 23.9. The van der Waals surface area contributed by atoms with E-state index in [1.54, 1.807) is 6.07 Å². The Hall–Kier alpha value is -1.06. The van der Waals surface area contributed by atoms with Gasteiger partial charge in [-0.25, -0.2) is 0 Å². The molecule has 1 aromatic rings. The van der Waals surface area contributed by atoms with Crippen LogP contribution in [0.3, 0.4) is 0 Å². The number of nitrogens with zero attached hydrogens (tertiary/aromatic N) is 1. The fourth-order valence-electron chi connectivity index (χ4n) is 2.59. The second-order valence-corrected chi connectivity index (χ2v) is 4.74. The molecule has 0 bridgehead atoms. The van der Waals surface area contributed by atoms with Crippen molar-refractivity contribution in [1.82, 2.24) is 10.2 Å². The van der Waals surface area contributed by atoms with Gasteiger partial charge in [0, 0.05) is 25.7 Å². The third-order valence-corrected chi connectivity index (χ3v) is 3.70. The van der Waals surface area contributed by atoms with Gasteiger partial charge in [0.25, 0.3) is 5.91 Å². The van der Waals surface area contributed by atoms with Crippen molar-refractivity contribution in [2.45, 2.75) is 12.5 Å². The molecule has 1 atom stereocenters. The number of piperazine rings is 1. The molecule has 2 aliphatic heterocycles. The van der Waals surface area contributed by atoms with Crippen molar-refractivity contribution in [3.05, 3.63) is 34.3 Å². The van der Waals surface area contributed by atoms with Crippen LogP contribution in [0.25, 0.3) is 0 Å². The van der Waals surface area contributed by atoms with E-state index in [-0.39, 0.29) is 5.91 Å². The largest absolute Gasteiger partial charge is 0.333 e. The zero-order valence-corrected chi connectivity index (χ0v) is 9.63. The molecule has 1 N–H and O–H groups in total. The Kier molecular flexibility index (Phi) is 2.37. The number of carbonyl (C=O) groups excluding carboxylic acids is 1. The molecule has 3 rings (SSSR count). The molecule has 4 heteroatoms. The number of fused-ring (bicyclic) bond motifs is 2. The van der Waals surface area contributed by atoms with Crippen molar-refractivity contribution in [2.24, 2.45) is 0 Å². The van der Waals surface area contributed by atoms with Crippen molar-refractivity contribution in [1.29, 1.82) is 0 Å². The average Bonchev–Trinajstić information content (AvgIpc) is 2.29. The highest BCUT2D eigenvalue weighted by Crippen LogP contribution is 2.29. The van der Waals surface area contributed by atoms with E-state index >= 15 is 0 Å². The average molecular weight is 237 g/mol. The summed E-state index contributed by atoms with van der Waals surface area (Å²) >= 11 is 6.11. The van der Waals surface area contributed by atoms with E-state index in [1.165, 1.54) is 0 Å². The first kappa shape index (κ1) is 10.1. The lowest BCUT2D eigenvalue weighted by molar-refractivity contribution is 0.0607. The maximum atomic E-state index is 12.3. The lowest BCUT2D eigenvalue weighted by atomic mass is 9.92. The van der Waals surface area contributed by atoms with Crippen LogP contribution in [0.2, 0.25) is 5.02 Å². The standard InChI is InChI=1S/C12H13ClN2O/c13-10-3-1-2-8-6-9-7-14-4-5-15(9)12(16)11(8)10/h1-3,9,14H,4-7H2/t9-/m1/s1. The van der Waals surface area contributed by atoms with Crippen LogP contribution in [-0.4, -0.2) is 36.5 Å². The van der Waals surface area contributed by atoms with E-state index in [4.69, 9.17) is 11.6 Å². The van der Waals surface area contributed by atoms with Gasteiger partial charge < -0.3 is 10.2 Å². The minimum absolute atomic E-state index is 0.0957. The third-order valence-electron chi connectivity index (χ3n) is 3.38. The molecule has 84 valence electrons. The van der Waals surface area contributed by atoms with Gasteiger partial charge in [-0.2, -0.15) is 0 Å². The number of carbonyl (C=O) groups is 1. The summed E-state index contributed by atoms with van der Waals surface area (Å²) in [6, 6.07) is 6.01. The van der Waals surface area contributed by atoms with Crippen LogP contribution >= 0.6 is 11.6 Å². The van der Waals surface area contributed by atoms with E-state index in [0.29, 0.717) is 16.6 Å². The Labute approximate surface area is 99.4 Å². The number of hydrogen-bond acceptors (Lipinski definition) is 2. The quantitative estimate of drug-likeness (QED) is 0.737. The summed E-state index contributed by atoms with van der Waals surface area (Å²) in [4.78, 5) is 14.2. The van der Waals surface area contributed by atoms with Crippen molar-refractivity contribution in [3.63, 3.8) is 0 Å². The summed E-state index contributed by atoms with van der Waals surface area (Å²) in [5, 5.41) is 3.91. The number of nitrogens with one attached hydrogen (secondary N) is 1. The fourth-order valence-corrected chi connectivity index (χ4v) is 2.86. The van der Waals surface area contributed by atoms with Gasteiger partial charge in [0.05, 0.1) is 10.6 Å². The van der Waals surface area contributed by atoms with E-state index in [1.807, 2.05) is 17.0 Å². The van der Waals surface area contributed by atoms with Crippen molar-refractivity contribution >= 4 is 17.5 Å². The van der Waals surface area contributed by atoms with Gasteiger partial charge in [0.2, 0.25) is 0 Å². The molecule has 0 aromatic heterocycles. The third kappa shape index (κ3) is 1.43. The number of benzene rings is 1. The van der Waals surface area contributed by atoms with Crippen LogP contribution in [0.5, 0.6) is 0 Å². The van der Waals surface area contributed by atoms with Gasteiger partial charge in [0.1, 0.15) is 0 Å². The van der Waals surface area contributed by atoms with E-state index in [0.717, 1.165) is 31.6 Å². The monoisotopic (exact) mass is 236 g/mol. The molecule has 0 radical (unpaired) electrons. The molecule has 1 fully saturated rings. The lowest BCUT2D eigenvalue weighted by Gasteiger charge is -2.40. The van der Waals surface area contributed by atoms with Gasteiger partial charge >= 0.3 is 0 Å². The Balaban J connectivity index is 2.07. The van der Waals surface area contributed by atoms with Gasteiger partial charge in [-0.05, 0) is 18.1 Å². The van der Waals surface area contributed by atoms with Crippen LogP contribution in [0.4, 0.5) is 0 Å². The molecule has 16 heavy (non-hydrogen) atoms. The molecular weight excluding hydrogens is 224 g/mol. The number of hydrogen-bond donors (Lipinski definition) is 1. The Morgan fingerprint density at radius 3 is 3.19 bits per heavy atom. The minimum atomic E-state index is 0.0957. The Morgan fingerprint density at radius 1 is 1.44 bits per heavy atom. The topological polar surface area (TPSA) is 32.3 Å². The number of rotatable bonds is 0. The molecule has 2 heterocycles. The second kappa shape index (κ2) is 3.75. The number of amides is 1. The first-order chi connectivity index (χ1) is 7.77. The molecule has 1 amide bonds. The summed E-state index contributed by atoms with van der Waals surface area (Å²) in [6.07, 6.45) is 0.911. The van der Waals surface area contributed by atoms with Gasteiger partial charge in [-0.3, -0.25) is 4.79 Å². The summed E-state index contributed by atoms with van der Waals surface area (Å²) in [5.74, 6) is 0.0957. The second-order valence-electron chi connectivity index (χ2n) is 4.33. The zero-order chi connectivity index (χ0) is 11.1. The van der Waals surface area contributed by atoms with E-state index < -0.39 is 0 Å². The molecule has 2 aliphatic rings. The van der Waals surface area contributed by atoms with E-state index in [9.17, 15) is 4.79 Å². The molecular formula is C12H13ClN2O. The molecule has 0 unspecified atom stereocenters. The van der Waals surface area contributed by atoms with Crippen LogP contribution in [0.15, 0.2) is 18.2 Å². The fraction of sp³-hybridized carbons (Fsp3) is 0.417. The summed E-state index contributed by atoms with van der Waals surface area (Å²) in [7, 11) is 0. The number of halogens is 1. The zero-order valence-electron chi connectivity index (χ0n) is 8.87. The van der Waals surface area contributed by atoms with Crippen LogP contribution in [0, 0.1) is 0 Å². The Bertz CT molecular complexity index is 447. The summed E-state index contributed by atoms with van der Waals surface area (Å²) < 4.78 is 0. The first-order valence-corrected chi connectivity index (χ1v) is 5.94.